The molecule has 0 aliphatic carbocycles. The van der Waals surface area contributed by atoms with Gasteiger partial charge in [-0.2, -0.15) is 0 Å². The third-order valence-electron chi connectivity index (χ3n) is 0. The average Bonchev–Trinajstić information content (AvgIpc) is 0.811. The van der Waals surface area contributed by atoms with Gasteiger partial charge in [0.25, 0.3) is 0 Å². The van der Waals surface area contributed by atoms with Crippen molar-refractivity contribution in [2.75, 3.05) is 0 Å². The maximum atomic E-state index is 2.22. The zero-order valence-electron chi connectivity index (χ0n) is 3.69. The Morgan fingerprint density at radius 3 is 1.40 bits per heavy atom. The first-order valence-corrected chi connectivity index (χ1v) is 3.28. The molecule has 2 heteroatoms. The molecule has 0 atom stereocenters. The molecular weight excluding hydrogens is 228 g/mol. The van der Waals surface area contributed by atoms with Crippen molar-refractivity contribution in [2.45, 2.75) is 18.4 Å². The van der Waals surface area contributed by atoms with Crippen molar-refractivity contribution in [3.8, 4) is 0 Å². The molecule has 0 spiro atoms. The minimum absolute atomic E-state index is 0. The number of hydrogen-bond donors (Lipinski definition) is 0. The molecule has 0 radical (unpaired) electrons. The van der Waals surface area contributed by atoms with Gasteiger partial charge in [0.2, 0.25) is 0 Å². The van der Waals surface area contributed by atoms with Crippen molar-refractivity contribution in [3.05, 3.63) is 0 Å². The van der Waals surface area contributed by atoms with Crippen molar-refractivity contribution in [2.24, 2.45) is 0 Å². The second kappa shape index (κ2) is 5.35. The van der Waals surface area contributed by atoms with E-state index < -0.39 is 0 Å². The summed E-state index contributed by atoms with van der Waals surface area (Å²) in [5.41, 5.74) is 0. The first-order chi connectivity index (χ1) is 1.73. The van der Waals surface area contributed by atoms with Crippen LogP contribution in [0.15, 0.2) is 0 Å². The summed E-state index contributed by atoms with van der Waals surface area (Å²) in [5.74, 6) is 0. The van der Waals surface area contributed by atoms with Gasteiger partial charge in [0.05, 0.1) is 0 Å². The Labute approximate surface area is 60.4 Å². The maximum Gasteiger partial charge on any atom is -0.107 e. The predicted molar refractivity (Wildman–Crippen MR) is 30.5 cm³/mol. The van der Waals surface area contributed by atoms with Gasteiger partial charge in [0.1, 0.15) is 0 Å². The summed E-state index contributed by atoms with van der Waals surface area (Å²) in [7, 11) is 0. The summed E-state index contributed by atoms with van der Waals surface area (Å²) in [6, 6.07) is 0. The zero-order chi connectivity index (χ0) is 3.58. The van der Waals surface area contributed by atoms with E-state index in [2.05, 4.69) is 13.8 Å². The van der Waals surface area contributed by atoms with Crippen LogP contribution in [0.4, 0.5) is 0 Å². The van der Waals surface area contributed by atoms with Crippen molar-refractivity contribution in [1.29, 1.82) is 0 Å². The number of halogens is 1. The van der Waals surface area contributed by atoms with Crippen LogP contribution in [-0.4, -0.2) is 0 Å². The molecule has 0 aliphatic heterocycles. The van der Waals surface area contributed by atoms with Crippen LogP contribution in [0, 0.1) is 0 Å². The minimum Gasteiger partial charge on any atom is -0.107 e. The van der Waals surface area contributed by atoms with Crippen LogP contribution < -0.4 is 0 Å². The van der Waals surface area contributed by atoms with E-state index in [1.165, 1.54) is 18.3 Å². The maximum absolute atomic E-state index is 2.22. The zero-order valence-corrected chi connectivity index (χ0v) is 8.99. The van der Waals surface area contributed by atoms with E-state index >= 15 is 0 Å². The largest absolute Gasteiger partial charge is 0.107 e. The van der Waals surface area contributed by atoms with E-state index in [-0.39, 0.29) is 24.0 Å². The molecular formula is C3H8IZn. The van der Waals surface area contributed by atoms with E-state index in [0.29, 0.717) is 0 Å². The molecule has 0 rings (SSSR count). The molecule has 0 unspecified atom stereocenters. The van der Waals surface area contributed by atoms with Gasteiger partial charge in [0.15, 0.2) is 0 Å². The molecule has 0 aromatic rings. The van der Waals surface area contributed by atoms with Crippen LogP contribution in [-0.2, 0) is 18.3 Å². The van der Waals surface area contributed by atoms with Gasteiger partial charge < -0.3 is 0 Å². The van der Waals surface area contributed by atoms with Gasteiger partial charge in [-0.25, -0.2) is 0 Å². The first-order valence-electron chi connectivity index (χ1n) is 1.56. The van der Waals surface area contributed by atoms with Crippen LogP contribution in [0.3, 0.4) is 0 Å². The van der Waals surface area contributed by atoms with E-state index in [0.717, 1.165) is 4.51 Å². The van der Waals surface area contributed by atoms with Gasteiger partial charge in [-0.1, -0.05) is 0 Å². The van der Waals surface area contributed by atoms with E-state index in [1.807, 2.05) is 0 Å². The van der Waals surface area contributed by atoms with Gasteiger partial charge >= 0.3 is 36.7 Å². The third-order valence-corrected chi connectivity index (χ3v) is 0. The summed E-state index contributed by atoms with van der Waals surface area (Å²) < 4.78 is 0.958. The van der Waals surface area contributed by atoms with Crippen LogP contribution in [0.25, 0.3) is 0 Å². The van der Waals surface area contributed by atoms with Crippen LogP contribution in [0.5, 0.6) is 0 Å². The first kappa shape index (κ1) is 9.61. The Balaban J connectivity index is 0. The number of rotatable bonds is 0. The summed E-state index contributed by atoms with van der Waals surface area (Å²) in [6.45, 7) is 4.44. The summed E-state index contributed by atoms with van der Waals surface area (Å²) in [6.07, 6.45) is 0. The topological polar surface area (TPSA) is 0 Å². The molecule has 0 nitrogen and oxygen atoms in total. The summed E-state index contributed by atoms with van der Waals surface area (Å²) in [5, 5.41) is 0. The molecule has 29 valence electrons. The normalized spacial score (nSPS) is 7.40. The van der Waals surface area contributed by atoms with Crippen LogP contribution in [0.1, 0.15) is 13.8 Å². The number of hydrogen-bond acceptors (Lipinski definition) is 0. The second-order valence-corrected chi connectivity index (χ2v) is 4.82. The Hall–Kier alpha value is 1.35. The van der Waals surface area contributed by atoms with Crippen LogP contribution in [0.2, 0.25) is 4.51 Å². The Morgan fingerprint density at radius 2 is 1.40 bits per heavy atom. The van der Waals surface area contributed by atoms with Crippen molar-refractivity contribution < 1.29 is 18.3 Å². The summed E-state index contributed by atoms with van der Waals surface area (Å²) in [4.78, 5) is 0. The predicted octanol–water partition coefficient (Wildman–Crippen LogP) is 1.98. The van der Waals surface area contributed by atoms with E-state index in [9.17, 15) is 0 Å². The Morgan fingerprint density at radius 1 is 1.40 bits per heavy atom. The quantitative estimate of drug-likeness (QED) is 0.446. The van der Waals surface area contributed by atoms with Crippen LogP contribution >= 0.6 is 24.0 Å². The molecule has 0 aliphatic rings. The van der Waals surface area contributed by atoms with Gasteiger partial charge in [-0.05, 0) is 0 Å². The van der Waals surface area contributed by atoms with E-state index in [4.69, 9.17) is 0 Å². The van der Waals surface area contributed by atoms with Gasteiger partial charge in [-0.15, -0.1) is 24.0 Å². The second-order valence-electron chi connectivity index (χ2n) is 1.39. The van der Waals surface area contributed by atoms with Crippen molar-refractivity contribution in [3.63, 3.8) is 0 Å². The molecule has 0 heterocycles. The van der Waals surface area contributed by atoms with Gasteiger partial charge in [0, 0.05) is 0 Å². The smallest absolute Gasteiger partial charge is 0.107 e. The fraction of sp³-hybridized carbons (Fsp3) is 1.00. The monoisotopic (exact) mass is 235 g/mol. The Kier molecular flexibility index (Phi) is 10.3. The standard InChI is InChI=1S/C3H7.HI.Zn/c1-3-2;;/h3H,1-2H3;1H;. The molecule has 0 bridgehead atoms. The van der Waals surface area contributed by atoms with Gasteiger partial charge in [-0.3, -0.25) is 0 Å². The fourth-order valence-corrected chi connectivity index (χ4v) is 0. The molecule has 0 aromatic heterocycles. The summed E-state index contributed by atoms with van der Waals surface area (Å²) >= 11 is 1.43. The SMILES string of the molecule is C[CH](C)[Zn].I. The third kappa shape index (κ3) is 32.9. The van der Waals surface area contributed by atoms with E-state index in [1.54, 1.807) is 0 Å². The molecule has 0 saturated carbocycles. The minimum atomic E-state index is 0. The molecule has 0 amide bonds. The fourth-order valence-electron chi connectivity index (χ4n) is 0. The molecule has 0 fully saturated rings. The molecule has 0 aromatic carbocycles. The van der Waals surface area contributed by atoms with Crippen molar-refractivity contribution in [1.82, 2.24) is 0 Å². The molecule has 0 saturated heterocycles. The van der Waals surface area contributed by atoms with Crippen molar-refractivity contribution >= 4 is 24.0 Å². The Bertz CT molecular complexity index is 11.6. The molecule has 5 heavy (non-hydrogen) atoms. The average molecular weight is 236 g/mol. The molecule has 0 N–H and O–H groups in total.